The zero-order valence-electron chi connectivity index (χ0n) is 31.7. The van der Waals surface area contributed by atoms with Crippen LogP contribution in [0, 0.1) is 0 Å². The third-order valence-electron chi connectivity index (χ3n) is 12.8. The molecule has 276 valence electrons. The van der Waals surface area contributed by atoms with E-state index >= 15 is 0 Å². The van der Waals surface area contributed by atoms with Crippen molar-refractivity contribution in [2.45, 2.75) is 148 Å². The van der Waals surface area contributed by atoms with Crippen LogP contribution in [-0.4, -0.2) is 84.7 Å². The molecule has 2 aromatic rings. The maximum Gasteiger partial charge on any atom is 0.348 e. The van der Waals surface area contributed by atoms with E-state index < -0.39 is 17.9 Å². The van der Waals surface area contributed by atoms with Gasteiger partial charge in [-0.1, -0.05) is 86.3 Å². The van der Waals surface area contributed by atoms with E-state index in [0.717, 1.165) is 32.1 Å². The van der Waals surface area contributed by atoms with Crippen LogP contribution in [0.5, 0.6) is 0 Å². The molecule has 50 heavy (non-hydrogen) atoms. The zero-order chi connectivity index (χ0) is 35.5. The predicted molar refractivity (Wildman–Crippen MR) is 199 cm³/mol. The molecular weight excluding hydrogens is 624 g/mol. The van der Waals surface area contributed by atoms with Gasteiger partial charge in [-0.15, -0.1) is 0 Å². The first-order valence-corrected chi connectivity index (χ1v) is 20.2. The van der Waals surface area contributed by atoms with E-state index in [1.54, 1.807) is 6.92 Å². The van der Waals surface area contributed by atoms with Crippen LogP contribution in [0.25, 0.3) is 0 Å². The van der Waals surface area contributed by atoms with Crippen LogP contribution >= 0.6 is 0 Å². The van der Waals surface area contributed by atoms with Gasteiger partial charge in [-0.25, -0.2) is 4.79 Å². The minimum absolute atomic E-state index is 0.144. The summed E-state index contributed by atoms with van der Waals surface area (Å²) in [5.74, 6) is -0.724. The van der Waals surface area contributed by atoms with Gasteiger partial charge < -0.3 is 23.2 Å². The van der Waals surface area contributed by atoms with Crippen molar-refractivity contribution in [3.8, 4) is 0 Å². The van der Waals surface area contributed by atoms with Gasteiger partial charge in [-0.3, -0.25) is 4.79 Å². The molecule has 3 aliphatic rings. The number of carbonyl (C=O) groups excluding carboxylic acids is 2. The fraction of sp³-hybridized carbons (Fsp3) is 0.674. The van der Waals surface area contributed by atoms with E-state index in [0.29, 0.717) is 29.6 Å². The molecule has 2 bridgehead atoms. The lowest BCUT2D eigenvalue weighted by molar-refractivity contribution is -0.956. The third kappa shape index (κ3) is 8.82. The molecule has 0 aliphatic carbocycles. The molecule has 3 saturated heterocycles. The van der Waals surface area contributed by atoms with Crippen molar-refractivity contribution < 1.29 is 32.8 Å². The summed E-state index contributed by atoms with van der Waals surface area (Å²) in [4.78, 5) is 27.7. The highest BCUT2D eigenvalue weighted by atomic mass is 16.7. The Kier molecular flexibility index (Phi) is 14.0. The molecule has 2 aromatic carbocycles. The Hall–Kier alpha value is -2.74. The Balaban J connectivity index is 1.16. The molecule has 3 atom stereocenters. The van der Waals surface area contributed by atoms with Gasteiger partial charge in [-0.05, 0) is 58.1 Å². The average Bonchev–Trinajstić information content (AvgIpc) is 3.68. The minimum atomic E-state index is -1.57. The Bertz CT molecular complexity index is 1260. The number of rotatable bonds is 20. The van der Waals surface area contributed by atoms with Crippen LogP contribution in [0.2, 0.25) is 0 Å². The summed E-state index contributed by atoms with van der Waals surface area (Å²) in [6, 6.07) is 20.3. The van der Waals surface area contributed by atoms with E-state index in [-0.39, 0.29) is 12.1 Å². The van der Waals surface area contributed by atoms with Crippen LogP contribution in [0.3, 0.4) is 0 Å². The van der Waals surface area contributed by atoms with Crippen molar-refractivity contribution in [1.82, 2.24) is 0 Å². The summed E-state index contributed by atoms with van der Waals surface area (Å²) >= 11 is 0. The van der Waals surface area contributed by atoms with E-state index in [4.69, 9.17) is 14.2 Å². The summed E-state index contributed by atoms with van der Waals surface area (Å²) in [6.45, 7) is 16.1. The molecule has 0 N–H and O–H groups in total. The molecule has 0 saturated carbocycles. The van der Waals surface area contributed by atoms with Crippen molar-refractivity contribution in [3.05, 3.63) is 71.8 Å². The number of carbonyl (C=O) groups is 2. The standard InChI is InChI=1S/C43H66N2O5/c1-5-44(6-2,7-3)30-20-12-10-8-9-11-19-27-41(46)48-35(4)50-43(36-23-15-13-16-24-36,37-25-17-14-18-26-37)42(47)49-40-33-38-28-29-39(34-40)45(38)31-21-22-32-45/h13-18,23-26,35,38-40H,5-12,19-22,27-34H2,1-4H3/q+2. The average molecular weight is 691 g/mol. The summed E-state index contributed by atoms with van der Waals surface area (Å²) in [5, 5.41) is 0. The van der Waals surface area contributed by atoms with Gasteiger partial charge in [0, 0.05) is 44.9 Å². The molecule has 0 radical (unpaired) electrons. The molecule has 7 heteroatoms. The van der Waals surface area contributed by atoms with Crippen molar-refractivity contribution >= 4 is 11.9 Å². The summed E-state index contributed by atoms with van der Waals surface area (Å²) < 4.78 is 21.5. The normalized spacial score (nSPS) is 22.0. The lowest BCUT2D eigenvalue weighted by Gasteiger charge is -2.47. The van der Waals surface area contributed by atoms with Gasteiger partial charge in [0.25, 0.3) is 0 Å². The second-order valence-corrected chi connectivity index (χ2v) is 15.5. The van der Waals surface area contributed by atoms with E-state index in [2.05, 4.69) is 20.8 Å². The summed E-state index contributed by atoms with van der Waals surface area (Å²) in [6.07, 6.45) is 14.1. The summed E-state index contributed by atoms with van der Waals surface area (Å²) in [5.41, 5.74) is -0.225. The number of esters is 2. The molecule has 7 nitrogen and oxygen atoms in total. The van der Waals surface area contributed by atoms with E-state index in [9.17, 15) is 9.59 Å². The van der Waals surface area contributed by atoms with Crippen LogP contribution in [0.15, 0.2) is 60.7 Å². The third-order valence-corrected chi connectivity index (χ3v) is 12.8. The number of piperidine rings is 1. The summed E-state index contributed by atoms with van der Waals surface area (Å²) in [7, 11) is 0. The molecule has 3 unspecified atom stereocenters. The fourth-order valence-electron chi connectivity index (χ4n) is 9.74. The number of quaternary nitrogens is 2. The van der Waals surface area contributed by atoms with Crippen molar-refractivity contribution in [3.63, 3.8) is 0 Å². The molecule has 3 fully saturated rings. The number of hydrogen-bond acceptors (Lipinski definition) is 5. The molecule has 5 rings (SSSR count). The van der Waals surface area contributed by atoms with Crippen LogP contribution in [0.1, 0.15) is 129 Å². The number of nitrogens with zero attached hydrogens (tertiary/aromatic N) is 2. The number of unbranched alkanes of at least 4 members (excludes halogenated alkanes) is 6. The number of ether oxygens (including phenoxy) is 3. The lowest BCUT2D eigenvalue weighted by Crippen LogP contribution is -2.60. The highest BCUT2D eigenvalue weighted by molar-refractivity contribution is 5.86. The molecule has 3 aliphatic heterocycles. The van der Waals surface area contributed by atoms with Gasteiger partial charge in [0.15, 0.2) is 0 Å². The van der Waals surface area contributed by atoms with Crippen LogP contribution < -0.4 is 0 Å². The largest absolute Gasteiger partial charge is 0.459 e. The zero-order valence-corrected chi connectivity index (χ0v) is 31.7. The molecule has 1 spiro atoms. The van der Waals surface area contributed by atoms with Gasteiger partial charge in [0.1, 0.15) is 6.10 Å². The molecule has 3 heterocycles. The van der Waals surface area contributed by atoms with Crippen molar-refractivity contribution in [2.24, 2.45) is 0 Å². The van der Waals surface area contributed by atoms with Crippen LogP contribution in [0.4, 0.5) is 0 Å². The smallest absolute Gasteiger partial charge is 0.348 e. The maximum absolute atomic E-state index is 14.6. The first-order chi connectivity index (χ1) is 24.3. The molecule has 0 aromatic heterocycles. The Morgan fingerprint density at radius 3 is 1.78 bits per heavy atom. The Morgan fingerprint density at radius 1 is 0.760 bits per heavy atom. The van der Waals surface area contributed by atoms with Crippen molar-refractivity contribution in [1.29, 1.82) is 0 Å². The van der Waals surface area contributed by atoms with Crippen LogP contribution in [-0.2, 0) is 29.4 Å². The topological polar surface area (TPSA) is 61.8 Å². The minimum Gasteiger partial charge on any atom is -0.459 e. The highest BCUT2D eigenvalue weighted by Gasteiger charge is 2.57. The number of benzene rings is 2. The first-order valence-electron chi connectivity index (χ1n) is 20.2. The number of hydrogen-bond donors (Lipinski definition) is 0. The second kappa shape index (κ2) is 18.1. The molecular formula is C43H66N2O5+2. The quantitative estimate of drug-likeness (QED) is 0.0602. The second-order valence-electron chi connectivity index (χ2n) is 15.5. The Morgan fingerprint density at radius 2 is 1.26 bits per heavy atom. The first kappa shape index (κ1) is 38.5. The highest BCUT2D eigenvalue weighted by Crippen LogP contribution is 2.47. The van der Waals surface area contributed by atoms with Gasteiger partial charge in [0.2, 0.25) is 11.9 Å². The van der Waals surface area contributed by atoms with Gasteiger partial charge >= 0.3 is 11.9 Å². The lowest BCUT2D eigenvalue weighted by atomic mass is 9.85. The predicted octanol–water partition coefficient (Wildman–Crippen LogP) is 8.68. The van der Waals surface area contributed by atoms with Gasteiger partial charge in [-0.2, -0.15) is 0 Å². The van der Waals surface area contributed by atoms with Gasteiger partial charge in [0.05, 0.1) is 51.4 Å². The fourth-order valence-corrected chi connectivity index (χ4v) is 9.74. The Labute approximate surface area is 302 Å². The molecule has 0 amide bonds. The van der Waals surface area contributed by atoms with E-state index in [1.165, 1.54) is 99.6 Å². The monoisotopic (exact) mass is 690 g/mol. The van der Waals surface area contributed by atoms with E-state index in [1.807, 2.05) is 60.7 Å². The maximum atomic E-state index is 14.6. The SMILES string of the molecule is CC[N+](CC)(CC)CCCCCCCCCC(=O)OC(C)OC(C(=O)OC1CC2CCC(C1)[N+]21CCCC1)(c1ccccc1)c1ccccc1. The van der Waals surface area contributed by atoms with Crippen molar-refractivity contribution in [2.75, 3.05) is 39.3 Å².